The number of nitrogens with zero attached hydrogens (tertiary/aromatic N) is 3. The summed E-state index contributed by atoms with van der Waals surface area (Å²) < 4.78 is 0. The molecular weight excluding hydrogens is 244 g/mol. The van der Waals surface area contributed by atoms with Gasteiger partial charge in [0, 0.05) is 25.2 Å². The van der Waals surface area contributed by atoms with Gasteiger partial charge in [-0.2, -0.15) is 5.26 Å². The molecule has 2 amide bonds. The Hall–Kier alpha value is -1.61. The predicted molar refractivity (Wildman–Crippen MR) is 69.0 cm³/mol. The molecule has 2 fully saturated rings. The lowest BCUT2D eigenvalue weighted by molar-refractivity contribution is -0.150. The van der Waals surface area contributed by atoms with Crippen molar-refractivity contribution in [1.82, 2.24) is 15.1 Å². The van der Waals surface area contributed by atoms with Crippen molar-refractivity contribution in [1.29, 1.82) is 5.26 Å². The Balaban J connectivity index is 1.97. The molecule has 2 heterocycles. The highest BCUT2D eigenvalue weighted by Gasteiger charge is 2.37. The second-order valence-electron chi connectivity index (χ2n) is 5.29. The Morgan fingerprint density at radius 1 is 1.37 bits per heavy atom. The van der Waals surface area contributed by atoms with Gasteiger partial charge in [0.2, 0.25) is 0 Å². The molecule has 2 atom stereocenters. The van der Waals surface area contributed by atoms with Gasteiger partial charge in [0.25, 0.3) is 0 Å². The fourth-order valence-electron chi connectivity index (χ4n) is 2.96. The number of rotatable bonds is 1. The number of hydrogen-bond donors (Lipinski definition) is 1. The maximum absolute atomic E-state index is 12.1. The van der Waals surface area contributed by atoms with Gasteiger partial charge in [-0.1, -0.05) is 6.42 Å². The summed E-state index contributed by atoms with van der Waals surface area (Å²) in [7, 11) is 0. The SMILES string of the molecule is CC1CN2CCCCC2CN1C(=O)C(=O)NCC#N. The number of carbonyl (C=O) groups excluding carboxylic acids is 2. The fraction of sp³-hybridized carbons (Fsp3) is 0.769. The van der Waals surface area contributed by atoms with Crippen LogP contribution in [0.1, 0.15) is 26.2 Å². The van der Waals surface area contributed by atoms with Crippen LogP contribution in [0.4, 0.5) is 0 Å². The third-order valence-electron chi connectivity index (χ3n) is 3.97. The Morgan fingerprint density at radius 3 is 2.89 bits per heavy atom. The van der Waals surface area contributed by atoms with E-state index in [1.54, 1.807) is 11.0 Å². The van der Waals surface area contributed by atoms with E-state index in [1.807, 2.05) is 6.92 Å². The quantitative estimate of drug-likeness (QED) is 0.521. The van der Waals surface area contributed by atoms with Gasteiger partial charge in [-0.25, -0.2) is 0 Å². The Morgan fingerprint density at radius 2 is 2.16 bits per heavy atom. The van der Waals surface area contributed by atoms with Crippen molar-refractivity contribution in [2.45, 2.75) is 38.3 Å². The highest BCUT2D eigenvalue weighted by molar-refractivity contribution is 6.35. The number of nitriles is 1. The van der Waals surface area contributed by atoms with E-state index in [2.05, 4.69) is 10.2 Å². The summed E-state index contributed by atoms with van der Waals surface area (Å²) in [6, 6.07) is 2.24. The molecule has 0 aliphatic carbocycles. The highest BCUT2D eigenvalue weighted by Crippen LogP contribution is 2.23. The summed E-state index contributed by atoms with van der Waals surface area (Å²) in [4.78, 5) is 27.8. The smallest absolute Gasteiger partial charge is 0.312 e. The molecule has 0 aromatic rings. The summed E-state index contributed by atoms with van der Waals surface area (Å²) in [5.74, 6) is -1.18. The van der Waals surface area contributed by atoms with Crippen molar-refractivity contribution < 1.29 is 9.59 Å². The van der Waals surface area contributed by atoms with Crippen LogP contribution in [0.3, 0.4) is 0 Å². The summed E-state index contributed by atoms with van der Waals surface area (Å²) in [5, 5.41) is 10.7. The van der Waals surface area contributed by atoms with E-state index < -0.39 is 11.8 Å². The minimum Gasteiger partial charge on any atom is -0.335 e. The first-order valence-corrected chi connectivity index (χ1v) is 6.83. The summed E-state index contributed by atoms with van der Waals surface area (Å²) >= 11 is 0. The molecule has 2 unspecified atom stereocenters. The van der Waals surface area contributed by atoms with E-state index in [4.69, 9.17) is 5.26 Å². The molecule has 0 radical (unpaired) electrons. The number of amides is 2. The number of piperidine rings is 1. The molecule has 2 rings (SSSR count). The molecule has 19 heavy (non-hydrogen) atoms. The number of nitrogens with one attached hydrogen (secondary N) is 1. The molecule has 2 aliphatic heterocycles. The van der Waals surface area contributed by atoms with Crippen molar-refractivity contribution in [3.63, 3.8) is 0 Å². The predicted octanol–water partition coefficient (Wildman–Crippen LogP) is -0.289. The van der Waals surface area contributed by atoms with Gasteiger partial charge in [-0.3, -0.25) is 14.5 Å². The largest absolute Gasteiger partial charge is 0.335 e. The molecule has 1 N–H and O–H groups in total. The van der Waals surface area contributed by atoms with Crippen LogP contribution in [0.2, 0.25) is 0 Å². The molecule has 0 aromatic heterocycles. The van der Waals surface area contributed by atoms with E-state index in [0.29, 0.717) is 12.6 Å². The maximum Gasteiger partial charge on any atom is 0.312 e. The van der Waals surface area contributed by atoms with Crippen molar-refractivity contribution in [3.8, 4) is 6.07 Å². The van der Waals surface area contributed by atoms with Crippen molar-refractivity contribution in [3.05, 3.63) is 0 Å². The molecule has 0 aromatic carbocycles. The lowest BCUT2D eigenvalue weighted by atomic mass is 9.97. The van der Waals surface area contributed by atoms with Crippen LogP contribution in [0.15, 0.2) is 0 Å². The van der Waals surface area contributed by atoms with Crippen LogP contribution in [-0.4, -0.2) is 59.9 Å². The van der Waals surface area contributed by atoms with Crippen LogP contribution in [0.5, 0.6) is 0 Å². The van der Waals surface area contributed by atoms with Gasteiger partial charge in [-0.05, 0) is 26.3 Å². The van der Waals surface area contributed by atoms with Gasteiger partial charge in [0.15, 0.2) is 0 Å². The highest BCUT2D eigenvalue weighted by atomic mass is 16.2. The van der Waals surface area contributed by atoms with Gasteiger partial charge in [0.1, 0.15) is 6.54 Å². The third kappa shape index (κ3) is 3.04. The van der Waals surface area contributed by atoms with Crippen LogP contribution in [0, 0.1) is 11.3 Å². The van der Waals surface area contributed by atoms with Crippen LogP contribution >= 0.6 is 0 Å². The number of piperazine rings is 1. The average Bonchev–Trinajstić information content (AvgIpc) is 2.43. The van der Waals surface area contributed by atoms with Crippen molar-refractivity contribution in [2.75, 3.05) is 26.2 Å². The second kappa shape index (κ2) is 6.02. The number of fused-ring (bicyclic) bond motifs is 1. The molecule has 2 aliphatic rings. The van der Waals surface area contributed by atoms with E-state index >= 15 is 0 Å². The lowest BCUT2D eigenvalue weighted by Gasteiger charge is -2.47. The van der Waals surface area contributed by atoms with E-state index in [9.17, 15) is 9.59 Å². The molecule has 104 valence electrons. The first-order valence-electron chi connectivity index (χ1n) is 6.83. The Kier molecular flexibility index (Phi) is 4.38. The van der Waals surface area contributed by atoms with Crippen LogP contribution < -0.4 is 5.32 Å². The molecule has 0 bridgehead atoms. The second-order valence-corrected chi connectivity index (χ2v) is 5.29. The van der Waals surface area contributed by atoms with Crippen molar-refractivity contribution in [2.24, 2.45) is 0 Å². The molecule has 6 heteroatoms. The van der Waals surface area contributed by atoms with Crippen LogP contribution in [-0.2, 0) is 9.59 Å². The van der Waals surface area contributed by atoms with Gasteiger partial charge in [0.05, 0.1) is 6.07 Å². The summed E-state index contributed by atoms with van der Waals surface area (Å²) in [6.45, 7) is 4.40. The zero-order valence-electron chi connectivity index (χ0n) is 11.3. The van der Waals surface area contributed by atoms with E-state index in [1.165, 1.54) is 12.8 Å². The van der Waals surface area contributed by atoms with Gasteiger partial charge < -0.3 is 10.2 Å². The summed E-state index contributed by atoms with van der Waals surface area (Å²) in [5.41, 5.74) is 0. The molecule has 0 saturated carbocycles. The molecule has 2 saturated heterocycles. The third-order valence-corrected chi connectivity index (χ3v) is 3.97. The normalized spacial score (nSPS) is 27.3. The van der Waals surface area contributed by atoms with Crippen molar-refractivity contribution >= 4 is 11.8 Å². The fourth-order valence-corrected chi connectivity index (χ4v) is 2.96. The number of carbonyl (C=O) groups is 2. The Labute approximate surface area is 113 Å². The topological polar surface area (TPSA) is 76.4 Å². The minimum atomic E-state index is -0.669. The molecule has 0 spiro atoms. The standard InChI is InChI=1S/C13H20N4O2/c1-10-8-16-7-3-2-4-11(16)9-17(10)13(19)12(18)15-6-5-14/h10-11H,2-4,6-9H2,1H3,(H,15,18). The first kappa shape index (κ1) is 13.8. The first-order chi connectivity index (χ1) is 9.13. The lowest BCUT2D eigenvalue weighted by Crippen LogP contribution is -2.62. The summed E-state index contributed by atoms with van der Waals surface area (Å²) in [6.07, 6.45) is 3.51. The zero-order chi connectivity index (χ0) is 13.8. The van der Waals surface area contributed by atoms with Gasteiger partial charge >= 0.3 is 11.8 Å². The monoisotopic (exact) mass is 264 g/mol. The molecule has 6 nitrogen and oxygen atoms in total. The minimum absolute atomic E-state index is 0.0506. The van der Waals surface area contributed by atoms with E-state index in [0.717, 1.165) is 19.5 Å². The number of hydrogen-bond acceptors (Lipinski definition) is 4. The van der Waals surface area contributed by atoms with Crippen LogP contribution in [0.25, 0.3) is 0 Å². The average molecular weight is 264 g/mol. The van der Waals surface area contributed by atoms with E-state index in [-0.39, 0.29) is 12.6 Å². The van der Waals surface area contributed by atoms with Gasteiger partial charge in [-0.15, -0.1) is 0 Å². The Bertz CT molecular complexity index is 404. The zero-order valence-corrected chi connectivity index (χ0v) is 11.3. The maximum atomic E-state index is 12.1. The molecular formula is C13H20N4O2.